The van der Waals surface area contributed by atoms with Crippen LogP contribution in [0.25, 0.3) is 33.7 Å². The zero-order valence-electron chi connectivity index (χ0n) is 15.3. The zero-order chi connectivity index (χ0) is 18.8. The lowest BCUT2D eigenvalue weighted by Gasteiger charge is -2.28. The first kappa shape index (κ1) is 16.8. The summed E-state index contributed by atoms with van der Waals surface area (Å²) in [5, 5.41) is 0. The van der Waals surface area contributed by atoms with Crippen LogP contribution in [0.4, 0.5) is 5.82 Å². The molecule has 0 aliphatic carbocycles. The molecule has 3 heterocycles. The second-order valence-corrected chi connectivity index (χ2v) is 6.62. The summed E-state index contributed by atoms with van der Waals surface area (Å²) in [4.78, 5) is 21.1. The smallest absolute Gasteiger partial charge is 0.184 e. The Kier molecular flexibility index (Phi) is 4.39. The number of anilines is 1. The molecule has 0 N–H and O–H groups in total. The van der Waals surface area contributed by atoms with Crippen molar-refractivity contribution in [3.8, 4) is 22.5 Å². The van der Waals surface area contributed by atoms with Crippen molar-refractivity contribution in [1.29, 1.82) is 0 Å². The summed E-state index contributed by atoms with van der Waals surface area (Å²) < 4.78 is 5.48. The van der Waals surface area contributed by atoms with Gasteiger partial charge in [0.2, 0.25) is 0 Å². The highest BCUT2D eigenvalue weighted by atomic mass is 16.5. The SMILES string of the molecule is c1ccc(-c2nc3ncnc(N4CCOCC4)c3nc2-c2ccccc2)cc1. The maximum atomic E-state index is 5.48. The molecule has 0 atom stereocenters. The van der Waals surface area contributed by atoms with Gasteiger partial charge in [-0.1, -0.05) is 60.7 Å². The molecular formula is C22H19N5O. The maximum Gasteiger partial charge on any atom is 0.184 e. The number of nitrogens with zero attached hydrogens (tertiary/aromatic N) is 5. The van der Waals surface area contributed by atoms with Crippen molar-refractivity contribution < 1.29 is 4.74 Å². The van der Waals surface area contributed by atoms with Crippen LogP contribution >= 0.6 is 0 Å². The Morgan fingerprint density at radius 1 is 0.714 bits per heavy atom. The minimum atomic E-state index is 0.607. The minimum Gasteiger partial charge on any atom is -0.378 e. The number of fused-ring (bicyclic) bond motifs is 1. The van der Waals surface area contributed by atoms with Crippen LogP contribution in [0.1, 0.15) is 0 Å². The molecule has 2 aromatic carbocycles. The fraction of sp³-hybridized carbons (Fsp3) is 0.182. The van der Waals surface area contributed by atoms with Crippen LogP contribution in [0, 0.1) is 0 Å². The highest BCUT2D eigenvalue weighted by Gasteiger charge is 2.20. The summed E-state index contributed by atoms with van der Waals surface area (Å²) >= 11 is 0. The Hall–Kier alpha value is -3.38. The molecule has 1 aliphatic rings. The second kappa shape index (κ2) is 7.32. The lowest BCUT2D eigenvalue weighted by Crippen LogP contribution is -2.37. The van der Waals surface area contributed by atoms with E-state index in [1.807, 2.05) is 48.5 Å². The molecule has 2 aromatic heterocycles. The molecule has 6 nitrogen and oxygen atoms in total. The number of aromatic nitrogens is 4. The highest BCUT2D eigenvalue weighted by molar-refractivity contribution is 5.89. The zero-order valence-corrected chi connectivity index (χ0v) is 15.3. The first-order valence-corrected chi connectivity index (χ1v) is 9.36. The summed E-state index contributed by atoms with van der Waals surface area (Å²) in [5.74, 6) is 0.817. The molecule has 6 heteroatoms. The van der Waals surface area contributed by atoms with Gasteiger partial charge < -0.3 is 9.64 Å². The Morgan fingerprint density at radius 2 is 1.32 bits per heavy atom. The molecule has 0 bridgehead atoms. The van der Waals surface area contributed by atoms with Crippen LogP contribution in [0.5, 0.6) is 0 Å². The van der Waals surface area contributed by atoms with E-state index in [1.54, 1.807) is 6.33 Å². The van der Waals surface area contributed by atoms with Gasteiger partial charge in [0.25, 0.3) is 0 Å². The average molecular weight is 369 g/mol. The van der Waals surface area contributed by atoms with Crippen molar-refractivity contribution in [2.24, 2.45) is 0 Å². The molecule has 1 saturated heterocycles. The van der Waals surface area contributed by atoms with E-state index < -0.39 is 0 Å². The van der Waals surface area contributed by atoms with Gasteiger partial charge in [-0.15, -0.1) is 0 Å². The normalized spacial score (nSPS) is 14.4. The third kappa shape index (κ3) is 3.08. The van der Waals surface area contributed by atoms with Crippen molar-refractivity contribution in [3.05, 3.63) is 67.0 Å². The molecule has 0 amide bonds. The van der Waals surface area contributed by atoms with Crippen molar-refractivity contribution in [1.82, 2.24) is 19.9 Å². The van der Waals surface area contributed by atoms with Gasteiger partial charge in [-0.25, -0.2) is 19.9 Å². The van der Waals surface area contributed by atoms with E-state index in [-0.39, 0.29) is 0 Å². The van der Waals surface area contributed by atoms with Gasteiger partial charge in [0, 0.05) is 24.2 Å². The quantitative estimate of drug-likeness (QED) is 0.550. The average Bonchev–Trinajstić information content (AvgIpc) is 2.79. The standard InChI is InChI=1S/C22H19N5O/c1-3-7-16(8-4-1)18-19(17-9-5-2-6-10-17)26-21-20(25-18)22(24-15-23-21)27-11-13-28-14-12-27/h1-10,15H,11-14H2. The Balaban J connectivity index is 1.75. The molecule has 0 saturated carbocycles. The van der Waals surface area contributed by atoms with Gasteiger partial charge in [-0.2, -0.15) is 0 Å². The van der Waals surface area contributed by atoms with Gasteiger partial charge in [0.15, 0.2) is 17.0 Å². The van der Waals surface area contributed by atoms with Gasteiger partial charge in [0.05, 0.1) is 24.6 Å². The Bertz CT molecular complexity index is 1100. The number of hydrogen-bond acceptors (Lipinski definition) is 6. The molecule has 4 aromatic rings. The second-order valence-electron chi connectivity index (χ2n) is 6.62. The van der Waals surface area contributed by atoms with Crippen LogP contribution in [0.15, 0.2) is 67.0 Å². The third-order valence-corrected chi connectivity index (χ3v) is 4.85. The van der Waals surface area contributed by atoms with Crippen molar-refractivity contribution in [2.45, 2.75) is 0 Å². The third-order valence-electron chi connectivity index (χ3n) is 4.85. The molecule has 5 rings (SSSR count). The molecule has 1 aliphatic heterocycles. The molecule has 0 spiro atoms. The van der Waals surface area contributed by atoms with Gasteiger partial charge in [-0.3, -0.25) is 0 Å². The van der Waals surface area contributed by atoms with E-state index in [1.165, 1.54) is 0 Å². The first-order valence-electron chi connectivity index (χ1n) is 9.36. The number of ether oxygens (including phenoxy) is 1. The molecule has 0 radical (unpaired) electrons. The van der Waals surface area contributed by atoms with E-state index in [4.69, 9.17) is 14.7 Å². The Labute approximate surface area is 162 Å². The van der Waals surface area contributed by atoms with Crippen LogP contribution < -0.4 is 4.90 Å². The summed E-state index contributed by atoms with van der Waals surface area (Å²) in [6.07, 6.45) is 1.57. The van der Waals surface area contributed by atoms with Gasteiger partial charge >= 0.3 is 0 Å². The van der Waals surface area contributed by atoms with Gasteiger partial charge in [-0.05, 0) is 0 Å². The summed E-state index contributed by atoms with van der Waals surface area (Å²) in [6.45, 7) is 2.95. The van der Waals surface area contributed by atoms with E-state index >= 15 is 0 Å². The molecule has 0 unspecified atom stereocenters. The fourth-order valence-electron chi connectivity index (χ4n) is 3.47. The van der Waals surface area contributed by atoms with Crippen LogP contribution in [0.2, 0.25) is 0 Å². The van der Waals surface area contributed by atoms with E-state index in [9.17, 15) is 0 Å². The van der Waals surface area contributed by atoms with Crippen LogP contribution in [0.3, 0.4) is 0 Å². The number of morpholine rings is 1. The molecule has 28 heavy (non-hydrogen) atoms. The van der Waals surface area contributed by atoms with E-state index in [0.29, 0.717) is 18.9 Å². The van der Waals surface area contributed by atoms with Crippen molar-refractivity contribution in [3.63, 3.8) is 0 Å². The van der Waals surface area contributed by atoms with Crippen LogP contribution in [-0.4, -0.2) is 46.2 Å². The summed E-state index contributed by atoms with van der Waals surface area (Å²) in [7, 11) is 0. The Morgan fingerprint density at radius 3 is 1.96 bits per heavy atom. The topological polar surface area (TPSA) is 64.0 Å². The highest BCUT2D eigenvalue weighted by Crippen LogP contribution is 2.32. The minimum absolute atomic E-state index is 0.607. The van der Waals surface area contributed by atoms with Gasteiger partial charge in [0.1, 0.15) is 6.33 Å². The van der Waals surface area contributed by atoms with E-state index in [0.717, 1.165) is 46.9 Å². The lowest BCUT2D eigenvalue weighted by atomic mass is 10.0. The number of hydrogen-bond donors (Lipinski definition) is 0. The number of benzene rings is 2. The predicted octanol–water partition coefficient (Wildman–Crippen LogP) is 3.59. The maximum absolute atomic E-state index is 5.48. The van der Waals surface area contributed by atoms with Crippen LogP contribution in [-0.2, 0) is 4.74 Å². The molecule has 138 valence electrons. The summed E-state index contributed by atoms with van der Waals surface area (Å²) in [5.41, 5.74) is 5.03. The monoisotopic (exact) mass is 369 g/mol. The fourth-order valence-corrected chi connectivity index (χ4v) is 3.47. The summed E-state index contributed by atoms with van der Waals surface area (Å²) in [6, 6.07) is 20.3. The largest absolute Gasteiger partial charge is 0.378 e. The van der Waals surface area contributed by atoms with E-state index in [2.05, 4.69) is 27.0 Å². The number of rotatable bonds is 3. The lowest BCUT2D eigenvalue weighted by molar-refractivity contribution is 0.122. The predicted molar refractivity (Wildman–Crippen MR) is 109 cm³/mol. The molecule has 1 fully saturated rings. The first-order chi connectivity index (χ1) is 13.9. The molecular weight excluding hydrogens is 350 g/mol. The van der Waals surface area contributed by atoms with Crippen molar-refractivity contribution >= 4 is 17.0 Å². The van der Waals surface area contributed by atoms with Crippen molar-refractivity contribution in [2.75, 3.05) is 31.2 Å².